The van der Waals surface area contributed by atoms with Crippen LogP contribution in [0.25, 0.3) is 0 Å². The quantitative estimate of drug-likeness (QED) is 0.0261. The molecular weight excluding hydrogens is 923 g/mol. The van der Waals surface area contributed by atoms with Crippen molar-refractivity contribution in [3.63, 3.8) is 0 Å². The van der Waals surface area contributed by atoms with Gasteiger partial charge < -0.3 is 40.3 Å². The third kappa shape index (κ3) is 42.5. The molecule has 1 rings (SSSR count). The van der Waals surface area contributed by atoms with E-state index in [1.807, 2.05) is 6.08 Å². The molecule has 7 unspecified atom stereocenters. The van der Waals surface area contributed by atoms with Gasteiger partial charge >= 0.3 is 0 Å². The Morgan fingerprint density at radius 2 is 0.851 bits per heavy atom. The van der Waals surface area contributed by atoms with E-state index in [0.29, 0.717) is 6.42 Å². The lowest BCUT2D eigenvalue weighted by molar-refractivity contribution is -0.302. The number of carbonyl (C=O) groups is 1. The minimum Gasteiger partial charge on any atom is -0.394 e. The second-order valence-corrected chi connectivity index (χ2v) is 21.1. The number of ether oxygens (including phenoxy) is 2. The lowest BCUT2D eigenvalue weighted by Crippen LogP contribution is -2.60. The summed E-state index contributed by atoms with van der Waals surface area (Å²) in [6, 6.07) is -0.825. The van der Waals surface area contributed by atoms with E-state index in [1.165, 1.54) is 173 Å². The van der Waals surface area contributed by atoms with Crippen molar-refractivity contribution < 1.29 is 39.8 Å². The van der Waals surface area contributed by atoms with Crippen molar-refractivity contribution in [1.29, 1.82) is 0 Å². The highest BCUT2D eigenvalue weighted by molar-refractivity contribution is 5.76. The molecule has 9 heteroatoms. The maximum atomic E-state index is 13.1. The molecule has 0 spiro atoms. The molecule has 0 bridgehead atoms. The monoisotopic (exact) mass is 1040 g/mol. The van der Waals surface area contributed by atoms with E-state index < -0.39 is 49.5 Å². The predicted octanol–water partition coefficient (Wildman–Crippen LogP) is 15.8. The zero-order chi connectivity index (χ0) is 53.6. The Labute approximate surface area is 454 Å². The summed E-state index contributed by atoms with van der Waals surface area (Å²) in [5, 5.41) is 54.5. The Morgan fingerprint density at radius 1 is 0.473 bits per heavy atom. The third-order valence-corrected chi connectivity index (χ3v) is 14.2. The smallest absolute Gasteiger partial charge is 0.220 e. The Kier molecular flexibility index (Phi) is 50.4. The van der Waals surface area contributed by atoms with E-state index in [9.17, 15) is 30.3 Å². The van der Waals surface area contributed by atoms with E-state index in [0.717, 1.165) is 70.6 Å². The largest absolute Gasteiger partial charge is 0.394 e. The van der Waals surface area contributed by atoms with Gasteiger partial charge in [0.25, 0.3) is 0 Å². The zero-order valence-corrected chi connectivity index (χ0v) is 47.6. The number of hydrogen-bond acceptors (Lipinski definition) is 8. The molecule has 0 radical (unpaired) electrons. The lowest BCUT2D eigenvalue weighted by Gasteiger charge is -2.40. The van der Waals surface area contributed by atoms with Crippen molar-refractivity contribution in [2.45, 2.75) is 307 Å². The fourth-order valence-corrected chi connectivity index (χ4v) is 9.38. The molecular formula is C65H115NO8. The van der Waals surface area contributed by atoms with Crippen molar-refractivity contribution in [3.8, 4) is 0 Å². The maximum Gasteiger partial charge on any atom is 0.220 e. The first kappa shape index (κ1) is 69.4. The van der Waals surface area contributed by atoms with Crippen LogP contribution in [0.4, 0.5) is 0 Å². The summed E-state index contributed by atoms with van der Waals surface area (Å²) in [6.07, 6.45) is 69.5. The molecule has 1 aliphatic heterocycles. The minimum absolute atomic E-state index is 0.186. The SMILES string of the molecule is CC/C=C\C/C=C\C/C=C\C/C=C\C/C=C\CCCCCCCCCCCCCCCCCCCC(=O)NC(COC1OC(CO)C(O)C(O)C1O)C(O)/C=C/CC/C=C/CCCCCCCCCCCCCC. The summed E-state index contributed by atoms with van der Waals surface area (Å²) in [5.74, 6) is -0.186. The number of allylic oxidation sites excluding steroid dienone is 13. The van der Waals surface area contributed by atoms with Crippen LogP contribution in [0.1, 0.15) is 264 Å². The number of unbranched alkanes of at least 4 members (excludes halogenated alkanes) is 30. The molecule has 0 aromatic carbocycles. The molecule has 0 aromatic heterocycles. The van der Waals surface area contributed by atoms with Gasteiger partial charge in [0.2, 0.25) is 5.91 Å². The number of amides is 1. The summed E-state index contributed by atoms with van der Waals surface area (Å²) in [7, 11) is 0. The van der Waals surface area contributed by atoms with Gasteiger partial charge in [0.15, 0.2) is 6.29 Å². The topological polar surface area (TPSA) is 149 Å². The average molecular weight is 1040 g/mol. The highest BCUT2D eigenvalue weighted by atomic mass is 16.7. The molecule has 0 saturated carbocycles. The molecule has 6 N–H and O–H groups in total. The van der Waals surface area contributed by atoms with Crippen molar-refractivity contribution in [2.75, 3.05) is 13.2 Å². The van der Waals surface area contributed by atoms with Crippen molar-refractivity contribution in [1.82, 2.24) is 5.32 Å². The Morgan fingerprint density at radius 3 is 1.30 bits per heavy atom. The molecule has 9 nitrogen and oxygen atoms in total. The Bertz CT molecular complexity index is 1440. The highest BCUT2D eigenvalue weighted by Crippen LogP contribution is 2.23. The fraction of sp³-hybridized carbons (Fsp3) is 0.769. The minimum atomic E-state index is -1.57. The predicted molar refractivity (Wildman–Crippen MR) is 313 cm³/mol. The van der Waals surface area contributed by atoms with E-state index in [-0.39, 0.29) is 12.5 Å². The molecule has 7 atom stereocenters. The summed E-state index contributed by atoms with van der Waals surface area (Å²) < 4.78 is 11.3. The van der Waals surface area contributed by atoms with E-state index in [1.54, 1.807) is 6.08 Å². The molecule has 1 heterocycles. The summed E-state index contributed by atoms with van der Waals surface area (Å²) in [4.78, 5) is 13.1. The van der Waals surface area contributed by atoms with Crippen LogP contribution in [-0.2, 0) is 14.3 Å². The first-order valence-electron chi connectivity index (χ1n) is 30.8. The fourth-order valence-electron chi connectivity index (χ4n) is 9.38. The molecule has 1 fully saturated rings. The van der Waals surface area contributed by atoms with Gasteiger partial charge in [-0.25, -0.2) is 0 Å². The van der Waals surface area contributed by atoms with Crippen LogP contribution in [0.5, 0.6) is 0 Å². The van der Waals surface area contributed by atoms with Gasteiger partial charge in [-0.2, -0.15) is 0 Å². The van der Waals surface area contributed by atoms with Gasteiger partial charge in [0.05, 0.1) is 25.4 Å². The Hall–Kier alpha value is -2.63. The van der Waals surface area contributed by atoms with Crippen molar-refractivity contribution >= 4 is 5.91 Å². The number of aliphatic hydroxyl groups is 5. The standard InChI is InChI=1S/C65H115NO8/c1-3-5-7-9-11-13-15-17-19-21-23-24-25-26-27-28-29-30-31-32-33-34-35-36-37-39-41-43-45-47-49-51-53-55-61(69)66-58(57-73-65-64(72)63(71)62(70)60(56-67)74-65)59(68)54-52-50-48-46-44-42-40-38-22-20-18-16-14-12-10-8-6-4-2/h5,7,11,13,17,19,23-24,26-27,44,46,52,54,58-60,62-65,67-68,70-72H,3-4,6,8-10,12,14-16,18,20-22,25,28-43,45,47-51,53,55-57H2,1-2H3,(H,66,69)/b7-5-,13-11-,19-17-,24-23-,27-26-,46-44+,54-52+. The van der Waals surface area contributed by atoms with Crippen LogP contribution in [0.15, 0.2) is 85.1 Å². The number of nitrogens with one attached hydrogen (secondary N) is 1. The van der Waals surface area contributed by atoms with Crippen molar-refractivity contribution in [3.05, 3.63) is 85.1 Å². The number of carbonyl (C=O) groups excluding carboxylic acids is 1. The van der Waals surface area contributed by atoms with Gasteiger partial charge in [-0.3, -0.25) is 4.79 Å². The second kappa shape index (κ2) is 53.8. The van der Waals surface area contributed by atoms with E-state index in [4.69, 9.17) is 9.47 Å². The first-order valence-corrected chi connectivity index (χ1v) is 30.8. The highest BCUT2D eigenvalue weighted by Gasteiger charge is 2.44. The molecule has 74 heavy (non-hydrogen) atoms. The van der Waals surface area contributed by atoms with Gasteiger partial charge in [-0.1, -0.05) is 266 Å². The third-order valence-electron chi connectivity index (χ3n) is 14.2. The average Bonchev–Trinajstić information content (AvgIpc) is 3.40. The van der Waals surface area contributed by atoms with Crippen LogP contribution in [0.2, 0.25) is 0 Å². The number of hydrogen-bond donors (Lipinski definition) is 6. The van der Waals surface area contributed by atoms with Crippen LogP contribution in [0.3, 0.4) is 0 Å². The molecule has 1 saturated heterocycles. The Balaban J connectivity index is 2.16. The summed E-state index contributed by atoms with van der Waals surface area (Å²) >= 11 is 0. The van der Waals surface area contributed by atoms with Crippen LogP contribution < -0.4 is 5.32 Å². The molecule has 0 aromatic rings. The molecule has 1 aliphatic rings. The van der Waals surface area contributed by atoms with Crippen LogP contribution in [-0.4, -0.2) is 87.5 Å². The normalized spacial score (nSPS) is 19.6. The van der Waals surface area contributed by atoms with Gasteiger partial charge in [0, 0.05) is 6.42 Å². The van der Waals surface area contributed by atoms with Crippen LogP contribution in [0, 0.1) is 0 Å². The molecule has 0 aliphatic carbocycles. The van der Waals surface area contributed by atoms with Crippen LogP contribution >= 0.6 is 0 Å². The van der Waals surface area contributed by atoms with Gasteiger partial charge in [-0.05, 0) is 77.0 Å². The van der Waals surface area contributed by atoms with E-state index in [2.05, 4.69) is 92.1 Å². The molecule has 428 valence electrons. The second-order valence-electron chi connectivity index (χ2n) is 21.1. The first-order chi connectivity index (χ1) is 36.3. The zero-order valence-electron chi connectivity index (χ0n) is 47.6. The summed E-state index contributed by atoms with van der Waals surface area (Å²) in [5.41, 5.74) is 0. The lowest BCUT2D eigenvalue weighted by atomic mass is 9.99. The summed E-state index contributed by atoms with van der Waals surface area (Å²) in [6.45, 7) is 3.66. The molecule has 1 amide bonds. The maximum absolute atomic E-state index is 13.1. The number of rotatable bonds is 52. The number of aliphatic hydroxyl groups excluding tert-OH is 5. The van der Waals surface area contributed by atoms with Gasteiger partial charge in [-0.15, -0.1) is 0 Å². The van der Waals surface area contributed by atoms with Gasteiger partial charge in [0.1, 0.15) is 24.4 Å². The van der Waals surface area contributed by atoms with E-state index >= 15 is 0 Å². The van der Waals surface area contributed by atoms with Crippen molar-refractivity contribution in [2.24, 2.45) is 0 Å².